The molecule has 5 atom stereocenters. The van der Waals surface area contributed by atoms with E-state index in [-0.39, 0.29) is 6.61 Å². The van der Waals surface area contributed by atoms with E-state index in [1.807, 2.05) is 0 Å². The third-order valence-electron chi connectivity index (χ3n) is 5.27. The number of esters is 1. The maximum atomic E-state index is 13.2. The summed E-state index contributed by atoms with van der Waals surface area (Å²) in [5, 5.41) is 2.25. The standard InChI is InChI=1S/C19H28N3O11P/c1-10(2)31-15(24)11(20-18(26)28-5)8-29-34(27)30-9-12-14(33-34)19(3,4)16(32-12)22-7-6-13(23)21-17(22)25/h6-7,10-12,14,16H,8-9H2,1-5H3,(H,20,26)(H,21,23,25)/t11-,12-,14-,16-,34-/m1/s1. The van der Waals surface area contributed by atoms with Crippen LogP contribution in [0, 0.1) is 5.41 Å². The highest BCUT2D eigenvalue weighted by Crippen LogP contribution is 2.60. The zero-order chi connectivity index (χ0) is 25.3. The lowest BCUT2D eigenvalue weighted by Gasteiger charge is -2.36. The van der Waals surface area contributed by atoms with Gasteiger partial charge in [0.1, 0.15) is 18.4 Å². The quantitative estimate of drug-likeness (QED) is 0.394. The topological polar surface area (TPSA) is 173 Å². The number of H-pyrrole nitrogens is 1. The molecule has 0 aromatic carbocycles. The number of aromatic nitrogens is 2. The minimum atomic E-state index is -4.21. The first-order valence-corrected chi connectivity index (χ1v) is 11.9. The molecule has 15 heteroatoms. The molecule has 0 radical (unpaired) electrons. The second-order valence-electron chi connectivity index (χ2n) is 8.60. The van der Waals surface area contributed by atoms with E-state index in [1.165, 1.54) is 16.8 Å². The van der Waals surface area contributed by atoms with Crippen molar-refractivity contribution in [3.63, 3.8) is 0 Å². The number of carbonyl (C=O) groups is 2. The Kier molecular flexibility index (Phi) is 7.68. The van der Waals surface area contributed by atoms with Gasteiger partial charge >= 0.3 is 25.6 Å². The van der Waals surface area contributed by atoms with Gasteiger partial charge in [-0.1, -0.05) is 13.8 Å². The van der Waals surface area contributed by atoms with Gasteiger partial charge in [-0.05, 0) is 13.8 Å². The first kappa shape index (κ1) is 26.1. The highest BCUT2D eigenvalue weighted by Gasteiger charge is 2.58. The van der Waals surface area contributed by atoms with Gasteiger partial charge in [0.25, 0.3) is 5.56 Å². The fourth-order valence-electron chi connectivity index (χ4n) is 3.65. The van der Waals surface area contributed by atoms with Gasteiger partial charge in [0.05, 0.1) is 26.4 Å². The Morgan fingerprint density at radius 2 is 2.06 bits per heavy atom. The van der Waals surface area contributed by atoms with Gasteiger partial charge in [-0.2, -0.15) is 0 Å². The van der Waals surface area contributed by atoms with Crippen molar-refractivity contribution in [1.29, 1.82) is 0 Å². The minimum Gasteiger partial charge on any atom is -0.461 e. The van der Waals surface area contributed by atoms with Gasteiger partial charge in [-0.25, -0.2) is 18.9 Å². The molecule has 1 aromatic heterocycles. The van der Waals surface area contributed by atoms with Gasteiger partial charge in [0, 0.05) is 17.7 Å². The molecule has 0 saturated carbocycles. The van der Waals surface area contributed by atoms with Crippen LogP contribution >= 0.6 is 7.82 Å². The molecule has 3 heterocycles. The van der Waals surface area contributed by atoms with Crippen LogP contribution in [0.5, 0.6) is 0 Å². The van der Waals surface area contributed by atoms with E-state index in [1.54, 1.807) is 27.7 Å². The number of nitrogens with one attached hydrogen (secondary N) is 2. The number of carbonyl (C=O) groups excluding carboxylic acids is 2. The van der Waals surface area contributed by atoms with E-state index in [4.69, 9.17) is 23.0 Å². The van der Waals surface area contributed by atoms with Crippen molar-refractivity contribution >= 4 is 19.9 Å². The molecule has 2 N–H and O–H groups in total. The lowest BCUT2D eigenvalue weighted by molar-refractivity contribution is -0.151. The third kappa shape index (κ3) is 5.58. The summed E-state index contributed by atoms with van der Waals surface area (Å²) in [6, 6.07) is -0.162. The van der Waals surface area contributed by atoms with Crippen LogP contribution in [0.3, 0.4) is 0 Å². The summed E-state index contributed by atoms with van der Waals surface area (Å²) < 4.78 is 46.2. The lowest BCUT2D eigenvalue weighted by atomic mass is 9.84. The Hall–Kier alpha value is -2.51. The van der Waals surface area contributed by atoms with Crippen molar-refractivity contribution in [2.75, 3.05) is 20.3 Å². The van der Waals surface area contributed by atoms with Crippen molar-refractivity contribution in [2.45, 2.75) is 58.3 Å². The number of fused-ring (bicyclic) bond motifs is 1. The van der Waals surface area contributed by atoms with Crippen molar-refractivity contribution in [1.82, 2.24) is 14.9 Å². The average molecular weight is 505 g/mol. The molecule has 14 nitrogen and oxygen atoms in total. The van der Waals surface area contributed by atoms with Gasteiger partial charge in [-0.15, -0.1) is 0 Å². The molecular formula is C19H28N3O11P. The van der Waals surface area contributed by atoms with Crippen molar-refractivity contribution in [3.05, 3.63) is 33.1 Å². The summed E-state index contributed by atoms with van der Waals surface area (Å²) in [6.45, 7) is 5.94. The Morgan fingerprint density at radius 3 is 2.68 bits per heavy atom. The van der Waals surface area contributed by atoms with Crippen molar-refractivity contribution in [3.8, 4) is 0 Å². The monoisotopic (exact) mass is 505 g/mol. The molecule has 2 saturated heterocycles. The summed E-state index contributed by atoms with van der Waals surface area (Å²) >= 11 is 0. The van der Waals surface area contributed by atoms with Crippen LogP contribution in [0.4, 0.5) is 4.79 Å². The Balaban J connectivity index is 1.74. The third-order valence-corrected chi connectivity index (χ3v) is 6.68. The predicted octanol–water partition coefficient (Wildman–Crippen LogP) is 0.676. The van der Waals surface area contributed by atoms with Gasteiger partial charge in [0.15, 0.2) is 6.04 Å². The van der Waals surface area contributed by atoms with Crippen LogP contribution in [0.25, 0.3) is 0 Å². The van der Waals surface area contributed by atoms with E-state index in [0.29, 0.717) is 0 Å². The summed E-state index contributed by atoms with van der Waals surface area (Å²) in [4.78, 5) is 49.7. The van der Waals surface area contributed by atoms with Crippen LogP contribution in [-0.4, -0.2) is 66.3 Å². The predicted molar refractivity (Wildman–Crippen MR) is 114 cm³/mol. The van der Waals surface area contributed by atoms with Crippen LogP contribution in [0.15, 0.2) is 21.9 Å². The minimum absolute atomic E-state index is 0.189. The molecular weight excluding hydrogens is 477 g/mol. The SMILES string of the molecule is COC(=O)N[C@H](CO[P@]1(=O)OC[C@H]2O[C@@H](n3ccc(=O)[nH]c3=O)C(C)(C)[C@@H]2O1)C(=O)OC(C)C. The number of hydrogen-bond donors (Lipinski definition) is 2. The number of ether oxygens (including phenoxy) is 3. The number of phosphoric acid groups is 1. The molecule has 3 rings (SSSR count). The summed E-state index contributed by atoms with van der Waals surface area (Å²) in [5.41, 5.74) is -2.14. The molecule has 2 fully saturated rings. The Morgan fingerprint density at radius 1 is 1.35 bits per heavy atom. The maximum absolute atomic E-state index is 13.2. The Bertz CT molecular complexity index is 1080. The number of methoxy groups -OCH3 is 1. The van der Waals surface area contributed by atoms with E-state index in [2.05, 4.69) is 15.0 Å². The molecule has 2 aliphatic heterocycles. The molecule has 0 bridgehead atoms. The smallest absolute Gasteiger partial charge is 0.461 e. The molecule has 1 amide bonds. The second kappa shape index (κ2) is 10.0. The molecule has 0 aliphatic carbocycles. The largest absolute Gasteiger partial charge is 0.475 e. The zero-order valence-electron chi connectivity index (χ0n) is 19.3. The molecule has 1 aromatic rings. The van der Waals surface area contributed by atoms with E-state index in [9.17, 15) is 23.7 Å². The first-order chi connectivity index (χ1) is 15.9. The maximum Gasteiger partial charge on any atom is 0.475 e. The normalized spacial score (nSPS) is 28.7. The number of aromatic amines is 1. The van der Waals surface area contributed by atoms with Crippen LogP contribution in [-0.2, 0) is 37.1 Å². The summed E-state index contributed by atoms with van der Waals surface area (Å²) in [5.74, 6) is -0.830. The van der Waals surface area contributed by atoms with Gasteiger partial charge < -0.3 is 19.5 Å². The van der Waals surface area contributed by atoms with Crippen LogP contribution in [0.2, 0.25) is 0 Å². The molecule has 0 spiro atoms. The molecule has 0 unspecified atom stereocenters. The molecule has 190 valence electrons. The molecule has 34 heavy (non-hydrogen) atoms. The number of phosphoric ester groups is 1. The van der Waals surface area contributed by atoms with E-state index >= 15 is 0 Å². The average Bonchev–Trinajstić information content (AvgIpc) is 3.00. The number of nitrogens with zero attached hydrogens (tertiary/aromatic N) is 1. The van der Waals surface area contributed by atoms with Crippen LogP contribution < -0.4 is 16.6 Å². The van der Waals surface area contributed by atoms with Gasteiger partial charge in [-0.3, -0.25) is 27.9 Å². The van der Waals surface area contributed by atoms with Crippen molar-refractivity contribution in [2.24, 2.45) is 5.41 Å². The fraction of sp³-hybridized carbons (Fsp3) is 0.684. The highest BCUT2D eigenvalue weighted by molar-refractivity contribution is 7.48. The van der Waals surface area contributed by atoms with Gasteiger partial charge in [0.2, 0.25) is 0 Å². The van der Waals surface area contributed by atoms with E-state index in [0.717, 1.165) is 7.11 Å². The van der Waals surface area contributed by atoms with Crippen molar-refractivity contribution < 1.29 is 41.9 Å². The fourth-order valence-corrected chi connectivity index (χ4v) is 5.19. The van der Waals surface area contributed by atoms with E-state index < -0.39 is 73.7 Å². The lowest BCUT2D eigenvalue weighted by Crippen LogP contribution is -2.46. The number of amides is 1. The Labute approximate surface area is 194 Å². The summed E-state index contributed by atoms with van der Waals surface area (Å²) in [6.07, 6.45) is -2.48. The number of rotatable bonds is 7. The molecule has 2 aliphatic rings. The van der Waals surface area contributed by atoms with Crippen LogP contribution in [0.1, 0.15) is 33.9 Å². The zero-order valence-corrected chi connectivity index (χ0v) is 20.2. The first-order valence-electron chi connectivity index (χ1n) is 10.5. The second-order valence-corrected chi connectivity index (χ2v) is 10.2. The number of alkyl carbamates (subject to hydrolysis) is 1. The number of hydrogen-bond acceptors (Lipinski definition) is 11. The highest BCUT2D eigenvalue weighted by atomic mass is 31.2. The summed E-state index contributed by atoms with van der Waals surface area (Å²) in [7, 11) is -3.09.